The second kappa shape index (κ2) is 4.87. The maximum absolute atomic E-state index is 11.4. The first-order valence-corrected chi connectivity index (χ1v) is 5.96. The highest BCUT2D eigenvalue weighted by molar-refractivity contribution is 14.1. The fraction of sp³-hybridized carbons (Fsp3) is 0.167. The second-order valence-corrected chi connectivity index (χ2v) is 4.44. The summed E-state index contributed by atoms with van der Waals surface area (Å²) >= 11 is 2.20. The number of nitrogens with zero attached hydrogens (tertiary/aromatic N) is 1. The van der Waals surface area contributed by atoms with Crippen LogP contribution in [0.25, 0.3) is 10.9 Å². The van der Waals surface area contributed by atoms with Crippen LogP contribution in [0.5, 0.6) is 5.75 Å². The van der Waals surface area contributed by atoms with Crippen molar-refractivity contribution in [1.82, 2.24) is 4.98 Å². The van der Waals surface area contributed by atoms with Gasteiger partial charge >= 0.3 is 5.97 Å². The van der Waals surface area contributed by atoms with Gasteiger partial charge in [-0.3, -0.25) is 4.98 Å². The van der Waals surface area contributed by atoms with Crippen LogP contribution in [-0.4, -0.2) is 25.2 Å². The van der Waals surface area contributed by atoms with Gasteiger partial charge in [0, 0.05) is 5.39 Å². The molecule has 0 unspecified atom stereocenters. The smallest absolute Gasteiger partial charge is 0.337 e. The van der Waals surface area contributed by atoms with E-state index in [4.69, 9.17) is 4.74 Å². The Morgan fingerprint density at radius 3 is 2.76 bits per heavy atom. The summed E-state index contributed by atoms with van der Waals surface area (Å²) in [6.45, 7) is 0. The van der Waals surface area contributed by atoms with E-state index in [1.807, 2.05) is 6.07 Å². The van der Waals surface area contributed by atoms with Crippen LogP contribution in [0.1, 0.15) is 10.4 Å². The van der Waals surface area contributed by atoms with E-state index in [1.165, 1.54) is 7.11 Å². The summed E-state index contributed by atoms with van der Waals surface area (Å²) in [4.78, 5) is 15.6. The van der Waals surface area contributed by atoms with Crippen molar-refractivity contribution < 1.29 is 14.3 Å². The molecule has 0 amide bonds. The van der Waals surface area contributed by atoms with Crippen molar-refractivity contribution >= 4 is 39.5 Å². The molecule has 0 bridgehead atoms. The molecule has 0 saturated carbocycles. The van der Waals surface area contributed by atoms with Gasteiger partial charge in [-0.05, 0) is 34.7 Å². The van der Waals surface area contributed by atoms with Crippen LogP contribution < -0.4 is 4.74 Å². The number of pyridine rings is 1. The van der Waals surface area contributed by atoms with Gasteiger partial charge in [0.15, 0.2) is 5.75 Å². The summed E-state index contributed by atoms with van der Waals surface area (Å²) in [5, 5.41) is 0.956. The molecule has 0 fully saturated rings. The molecule has 88 valence electrons. The number of esters is 1. The Kier molecular flexibility index (Phi) is 3.46. The number of carbonyl (C=O) groups is 1. The van der Waals surface area contributed by atoms with E-state index in [9.17, 15) is 4.79 Å². The molecule has 0 aliphatic carbocycles. The van der Waals surface area contributed by atoms with E-state index >= 15 is 0 Å². The fourth-order valence-corrected chi connectivity index (χ4v) is 2.34. The lowest BCUT2D eigenvalue weighted by atomic mass is 10.1. The number of halogens is 1. The normalized spacial score (nSPS) is 10.3. The minimum absolute atomic E-state index is 0.362. The van der Waals surface area contributed by atoms with E-state index in [-0.39, 0.29) is 5.97 Å². The molecule has 0 aliphatic heterocycles. The first kappa shape index (κ1) is 12.1. The van der Waals surface area contributed by atoms with Gasteiger partial charge in [-0.15, -0.1) is 0 Å². The number of rotatable bonds is 2. The fourth-order valence-electron chi connectivity index (χ4n) is 1.53. The maximum atomic E-state index is 11.4. The van der Waals surface area contributed by atoms with E-state index in [0.717, 1.165) is 20.2 Å². The Morgan fingerprint density at radius 1 is 1.35 bits per heavy atom. The number of aromatic nitrogens is 1. The van der Waals surface area contributed by atoms with Gasteiger partial charge in [-0.2, -0.15) is 0 Å². The number of fused-ring (bicyclic) bond motifs is 1. The molecule has 1 heterocycles. The van der Waals surface area contributed by atoms with Gasteiger partial charge in [0.2, 0.25) is 0 Å². The summed E-state index contributed by atoms with van der Waals surface area (Å²) < 4.78 is 10.8. The lowest BCUT2D eigenvalue weighted by Gasteiger charge is -2.07. The monoisotopic (exact) mass is 343 g/mol. The molecular weight excluding hydrogens is 333 g/mol. The zero-order valence-corrected chi connectivity index (χ0v) is 11.5. The summed E-state index contributed by atoms with van der Waals surface area (Å²) in [5.41, 5.74) is 1.24. The number of benzene rings is 1. The van der Waals surface area contributed by atoms with Crippen molar-refractivity contribution in [1.29, 1.82) is 0 Å². The van der Waals surface area contributed by atoms with Gasteiger partial charge in [0.25, 0.3) is 0 Å². The Hall–Kier alpha value is -1.37. The zero-order valence-electron chi connectivity index (χ0n) is 9.36. The number of carbonyl (C=O) groups excluding carboxylic acids is 1. The predicted octanol–water partition coefficient (Wildman–Crippen LogP) is 2.63. The van der Waals surface area contributed by atoms with Crippen LogP contribution in [-0.2, 0) is 4.74 Å². The van der Waals surface area contributed by atoms with E-state index in [2.05, 4.69) is 32.3 Å². The van der Waals surface area contributed by atoms with Crippen molar-refractivity contribution in [3.63, 3.8) is 0 Å². The molecule has 1 aromatic carbocycles. The molecule has 1 aromatic heterocycles. The van der Waals surface area contributed by atoms with Gasteiger partial charge in [-0.25, -0.2) is 4.79 Å². The zero-order chi connectivity index (χ0) is 12.4. The van der Waals surface area contributed by atoms with Crippen LogP contribution in [0.2, 0.25) is 0 Å². The topological polar surface area (TPSA) is 48.4 Å². The molecule has 0 saturated heterocycles. The first-order chi connectivity index (χ1) is 8.17. The van der Waals surface area contributed by atoms with Crippen LogP contribution in [0, 0.1) is 3.57 Å². The lowest BCUT2D eigenvalue weighted by molar-refractivity contribution is 0.0601. The summed E-state index contributed by atoms with van der Waals surface area (Å²) in [6.07, 6.45) is 1.64. The lowest BCUT2D eigenvalue weighted by Crippen LogP contribution is -2.01. The Morgan fingerprint density at radius 2 is 2.12 bits per heavy atom. The average Bonchev–Trinajstić information content (AvgIpc) is 2.38. The Labute approximate surface area is 112 Å². The van der Waals surface area contributed by atoms with Crippen LogP contribution in [0.15, 0.2) is 24.4 Å². The minimum Gasteiger partial charge on any atom is -0.494 e. The van der Waals surface area contributed by atoms with Crippen molar-refractivity contribution in [2.24, 2.45) is 0 Å². The van der Waals surface area contributed by atoms with E-state index < -0.39 is 0 Å². The predicted molar refractivity (Wildman–Crippen MR) is 72.4 cm³/mol. The number of hydrogen-bond acceptors (Lipinski definition) is 4. The van der Waals surface area contributed by atoms with Crippen molar-refractivity contribution in [3.8, 4) is 5.75 Å². The molecule has 5 heteroatoms. The third kappa shape index (κ3) is 2.19. The summed E-state index contributed by atoms with van der Waals surface area (Å²) in [5.74, 6) is 0.364. The third-order valence-electron chi connectivity index (χ3n) is 2.41. The molecule has 0 atom stereocenters. The Bertz CT molecular complexity index is 583. The van der Waals surface area contributed by atoms with E-state index in [0.29, 0.717) is 5.56 Å². The number of hydrogen-bond donors (Lipinski definition) is 0. The Balaban J connectivity index is 2.61. The van der Waals surface area contributed by atoms with Crippen molar-refractivity contribution in [3.05, 3.63) is 33.5 Å². The molecule has 0 N–H and O–H groups in total. The molecule has 4 nitrogen and oxygen atoms in total. The molecule has 0 aliphatic rings. The van der Waals surface area contributed by atoms with Crippen molar-refractivity contribution in [2.75, 3.05) is 14.2 Å². The average molecular weight is 343 g/mol. The molecule has 0 radical (unpaired) electrons. The van der Waals surface area contributed by atoms with Gasteiger partial charge in [0.1, 0.15) is 0 Å². The largest absolute Gasteiger partial charge is 0.494 e. The third-order valence-corrected chi connectivity index (χ3v) is 3.53. The van der Waals surface area contributed by atoms with Crippen LogP contribution >= 0.6 is 22.6 Å². The molecule has 0 spiro atoms. The van der Waals surface area contributed by atoms with Gasteiger partial charge in [0.05, 0.1) is 35.1 Å². The highest BCUT2D eigenvalue weighted by Gasteiger charge is 2.10. The molecular formula is C12H10INO3. The van der Waals surface area contributed by atoms with Crippen LogP contribution in [0.3, 0.4) is 0 Å². The quantitative estimate of drug-likeness (QED) is 0.621. The molecule has 17 heavy (non-hydrogen) atoms. The molecule has 2 rings (SSSR count). The molecule has 2 aromatic rings. The minimum atomic E-state index is -0.362. The number of ether oxygens (including phenoxy) is 2. The van der Waals surface area contributed by atoms with Gasteiger partial charge in [-0.1, -0.05) is 6.07 Å². The number of methoxy groups -OCH3 is 2. The first-order valence-electron chi connectivity index (χ1n) is 4.88. The van der Waals surface area contributed by atoms with Crippen molar-refractivity contribution in [2.45, 2.75) is 0 Å². The highest BCUT2D eigenvalue weighted by Crippen LogP contribution is 2.28. The highest BCUT2D eigenvalue weighted by atomic mass is 127. The summed E-state index contributed by atoms with van der Waals surface area (Å²) in [7, 11) is 2.96. The van der Waals surface area contributed by atoms with Gasteiger partial charge < -0.3 is 9.47 Å². The maximum Gasteiger partial charge on any atom is 0.337 e. The SMILES string of the molecule is COC(=O)c1ccc2c(I)c(OC)cnc2c1. The summed E-state index contributed by atoms with van der Waals surface area (Å²) in [6, 6.07) is 5.28. The van der Waals surface area contributed by atoms with E-state index in [1.54, 1.807) is 25.4 Å². The van der Waals surface area contributed by atoms with Crippen LogP contribution in [0.4, 0.5) is 0 Å². The second-order valence-electron chi connectivity index (χ2n) is 3.36. The standard InChI is InChI=1S/C12H10INO3/c1-16-10-6-14-9-5-7(12(15)17-2)3-4-8(9)11(10)13/h3-6H,1-2H3.